The number of nitrogens with two attached hydrogens (primary N) is 1. The van der Waals surface area contributed by atoms with Crippen LogP contribution in [0.3, 0.4) is 0 Å². The van der Waals surface area contributed by atoms with Crippen LogP contribution in [0.2, 0.25) is 0 Å². The van der Waals surface area contributed by atoms with E-state index in [0.717, 1.165) is 6.54 Å². The van der Waals surface area contributed by atoms with Crippen molar-refractivity contribution in [2.75, 3.05) is 6.54 Å². The van der Waals surface area contributed by atoms with Crippen LogP contribution in [0.4, 0.5) is 0 Å². The Bertz CT molecular complexity index is 162. The standard InChI is InChI=1S/C7H11NS.ClH/c1-6(4-8)7-2-3-9-5-7;/h2-3,5-6H,4,8H2,1H3;1H. The van der Waals surface area contributed by atoms with Crippen molar-refractivity contribution in [3.8, 4) is 0 Å². The van der Waals surface area contributed by atoms with Crippen molar-refractivity contribution in [2.24, 2.45) is 5.73 Å². The van der Waals surface area contributed by atoms with Crippen molar-refractivity contribution in [3.63, 3.8) is 0 Å². The Morgan fingerprint density at radius 1 is 1.70 bits per heavy atom. The molecule has 3 heteroatoms. The normalized spacial score (nSPS) is 12.2. The lowest BCUT2D eigenvalue weighted by Crippen LogP contribution is -2.07. The first-order chi connectivity index (χ1) is 4.34. The zero-order valence-electron chi connectivity index (χ0n) is 5.91. The van der Waals surface area contributed by atoms with Crippen molar-refractivity contribution in [1.82, 2.24) is 0 Å². The Hall–Kier alpha value is -0.0500. The molecule has 58 valence electrons. The van der Waals surface area contributed by atoms with E-state index >= 15 is 0 Å². The summed E-state index contributed by atoms with van der Waals surface area (Å²) in [6, 6.07) is 2.13. The molecule has 0 saturated heterocycles. The molecule has 0 aromatic carbocycles. The third-order valence-electron chi connectivity index (χ3n) is 1.47. The van der Waals surface area contributed by atoms with E-state index in [0.29, 0.717) is 5.92 Å². The molecule has 0 radical (unpaired) electrons. The highest BCUT2D eigenvalue weighted by Crippen LogP contribution is 2.15. The fraction of sp³-hybridized carbons (Fsp3) is 0.429. The largest absolute Gasteiger partial charge is 0.330 e. The summed E-state index contributed by atoms with van der Waals surface area (Å²) in [5.41, 5.74) is 6.83. The lowest BCUT2D eigenvalue weighted by atomic mass is 10.1. The van der Waals surface area contributed by atoms with Gasteiger partial charge in [-0.1, -0.05) is 6.92 Å². The first-order valence-corrected chi connectivity index (χ1v) is 4.01. The molecule has 1 atom stereocenters. The van der Waals surface area contributed by atoms with Crippen LogP contribution in [0.1, 0.15) is 18.4 Å². The van der Waals surface area contributed by atoms with Gasteiger partial charge in [-0.25, -0.2) is 0 Å². The fourth-order valence-electron chi connectivity index (χ4n) is 0.691. The molecule has 0 amide bonds. The predicted octanol–water partition coefficient (Wildman–Crippen LogP) is 2.23. The molecule has 0 fully saturated rings. The van der Waals surface area contributed by atoms with Gasteiger partial charge < -0.3 is 5.73 Å². The predicted molar refractivity (Wildman–Crippen MR) is 49.0 cm³/mol. The topological polar surface area (TPSA) is 26.0 Å². The Balaban J connectivity index is 0.000000810. The summed E-state index contributed by atoms with van der Waals surface area (Å²) in [4.78, 5) is 0. The van der Waals surface area contributed by atoms with E-state index in [1.807, 2.05) is 0 Å². The van der Waals surface area contributed by atoms with Gasteiger partial charge >= 0.3 is 0 Å². The van der Waals surface area contributed by atoms with Gasteiger partial charge in [0.15, 0.2) is 0 Å². The number of halogens is 1. The molecule has 1 nitrogen and oxygen atoms in total. The van der Waals surface area contributed by atoms with Gasteiger partial charge in [-0.2, -0.15) is 11.3 Å². The monoisotopic (exact) mass is 177 g/mol. The van der Waals surface area contributed by atoms with Gasteiger partial charge in [0.05, 0.1) is 0 Å². The van der Waals surface area contributed by atoms with Crippen LogP contribution in [0.15, 0.2) is 16.8 Å². The van der Waals surface area contributed by atoms with Crippen LogP contribution >= 0.6 is 23.7 Å². The molecule has 0 bridgehead atoms. The van der Waals surface area contributed by atoms with E-state index in [2.05, 4.69) is 23.8 Å². The second-order valence-electron chi connectivity index (χ2n) is 2.19. The van der Waals surface area contributed by atoms with E-state index in [-0.39, 0.29) is 12.4 Å². The van der Waals surface area contributed by atoms with Crippen LogP contribution in [-0.2, 0) is 0 Å². The molecule has 10 heavy (non-hydrogen) atoms. The molecule has 0 aliphatic heterocycles. The number of thiophene rings is 1. The summed E-state index contributed by atoms with van der Waals surface area (Å²) in [6.07, 6.45) is 0. The van der Waals surface area contributed by atoms with Crippen LogP contribution in [0, 0.1) is 0 Å². The summed E-state index contributed by atoms with van der Waals surface area (Å²) < 4.78 is 0. The number of rotatable bonds is 2. The molecule has 1 aromatic heterocycles. The Kier molecular flexibility index (Phi) is 4.69. The van der Waals surface area contributed by atoms with Crippen LogP contribution in [0.25, 0.3) is 0 Å². The SMILES string of the molecule is CC(CN)c1ccsc1.Cl. The summed E-state index contributed by atoms with van der Waals surface area (Å²) in [6.45, 7) is 2.89. The van der Waals surface area contributed by atoms with E-state index in [9.17, 15) is 0 Å². The molecule has 1 aromatic rings. The van der Waals surface area contributed by atoms with E-state index < -0.39 is 0 Å². The fourth-order valence-corrected chi connectivity index (χ4v) is 1.47. The molecule has 1 heterocycles. The highest BCUT2D eigenvalue weighted by Gasteiger charge is 2.00. The van der Waals surface area contributed by atoms with E-state index in [1.165, 1.54) is 5.56 Å². The molecule has 2 N–H and O–H groups in total. The quantitative estimate of drug-likeness (QED) is 0.737. The minimum atomic E-state index is 0. The van der Waals surface area contributed by atoms with Crippen molar-refractivity contribution >= 4 is 23.7 Å². The average Bonchev–Trinajstić information content (AvgIpc) is 2.37. The third kappa shape index (κ3) is 2.29. The highest BCUT2D eigenvalue weighted by molar-refractivity contribution is 7.07. The highest BCUT2D eigenvalue weighted by atomic mass is 35.5. The molecule has 0 aliphatic carbocycles. The van der Waals surface area contributed by atoms with Crippen molar-refractivity contribution in [1.29, 1.82) is 0 Å². The first kappa shape index (κ1) is 9.95. The van der Waals surface area contributed by atoms with Gasteiger partial charge in [0.2, 0.25) is 0 Å². The Labute approximate surface area is 71.7 Å². The van der Waals surface area contributed by atoms with Crippen molar-refractivity contribution in [3.05, 3.63) is 22.4 Å². The number of hydrogen-bond acceptors (Lipinski definition) is 2. The molecule has 0 spiro atoms. The lowest BCUT2D eigenvalue weighted by molar-refractivity contribution is 0.778. The summed E-state index contributed by atoms with van der Waals surface area (Å²) in [5, 5.41) is 4.24. The summed E-state index contributed by atoms with van der Waals surface area (Å²) in [5.74, 6) is 0.524. The van der Waals surface area contributed by atoms with E-state index in [4.69, 9.17) is 5.73 Å². The van der Waals surface area contributed by atoms with Crippen molar-refractivity contribution in [2.45, 2.75) is 12.8 Å². The molecular formula is C7H12ClNS. The van der Waals surface area contributed by atoms with Gasteiger partial charge in [-0.05, 0) is 34.9 Å². The second-order valence-corrected chi connectivity index (χ2v) is 2.97. The zero-order valence-corrected chi connectivity index (χ0v) is 7.54. The first-order valence-electron chi connectivity index (χ1n) is 3.06. The summed E-state index contributed by atoms with van der Waals surface area (Å²) in [7, 11) is 0. The zero-order chi connectivity index (χ0) is 6.69. The Morgan fingerprint density at radius 2 is 2.40 bits per heavy atom. The molecule has 1 unspecified atom stereocenters. The lowest BCUT2D eigenvalue weighted by Gasteiger charge is -2.02. The maximum Gasteiger partial charge on any atom is -0.00106 e. The minimum Gasteiger partial charge on any atom is -0.330 e. The van der Waals surface area contributed by atoms with Crippen LogP contribution in [0.5, 0.6) is 0 Å². The smallest absolute Gasteiger partial charge is 0.00106 e. The second kappa shape index (κ2) is 4.72. The number of hydrogen-bond donors (Lipinski definition) is 1. The van der Waals surface area contributed by atoms with E-state index in [1.54, 1.807) is 11.3 Å². The molecule has 0 aliphatic rings. The Morgan fingerprint density at radius 3 is 2.80 bits per heavy atom. The van der Waals surface area contributed by atoms with Gasteiger partial charge in [0.1, 0.15) is 0 Å². The molecular weight excluding hydrogens is 166 g/mol. The van der Waals surface area contributed by atoms with Gasteiger partial charge in [0, 0.05) is 0 Å². The van der Waals surface area contributed by atoms with Gasteiger partial charge in [-0.3, -0.25) is 0 Å². The molecule has 1 rings (SSSR count). The third-order valence-corrected chi connectivity index (χ3v) is 2.17. The summed E-state index contributed by atoms with van der Waals surface area (Å²) >= 11 is 1.73. The van der Waals surface area contributed by atoms with Crippen LogP contribution < -0.4 is 5.73 Å². The molecule has 0 saturated carbocycles. The van der Waals surface area contributed by atoms with Gasteiger partial charge in [0.25, 0.3) is 0 Å². The maximum atomic E-state index is 5.47. The van der Waals surface area contributed by atoms with Crippen molar-refractivity contribution < 1.29 is 0 Å². The maximum absolute atomic E-state index is 5.47. The van der Waals surface area contributed by atoms with Crippen LogP contribution in [-0.4, -0.2) is 6.54 Å². The van der Waals surface area contributed by atoms with Gasteiger partial charge in [-0.15, -0.1) is 12.4 Å². The minimum absolute atomic E-state index is 0. The average molecular weight is 178 g/mol.